The molecule has 0 radical (unpaired) electrons. The Kier molecular flexibility index (Phi) is 2.01. The summed E-state index contributed by atoms with van der Waals surface area (Å²) in [5, 5.41) is 10.7. The van der Waals surface area contributed by atoms with Gasteiger partial charge in [-0.2, -0.15) is 0 Å². The highest BCUT2D eigenvalue weighted by molar-refractivity contribution is 5.50. The van der Waals surface area contributed by atoms with Crippen LogP contribution in [-0.4, -0.2) is 4.92 Å². The van der Waals surface area contributed by atoms with E-state index in [9.17, 15) is 10.1 Å². The van der Waals surface area contributed by atoms with Gasteiger partial charge in [-0.3, -0.25) is 10.1 Å². The summed E-state index contributed by atoms with van der Waals surface area (Å²) in [7, 11) is 0. The zero-order valence-electron chi connectivity index (χ0n) is 8.49. The largest absolute Gasteiger partial charge is 0.269 e. The molecule has 1 aromatic carbocycles. The molecule has 0 saturated heterocycles. The number of non-ortho nitro benzene ring substituents is 1. The van der Waals surface area contributed by atoms with Crippen LogP contribution in [0.4, 0.5) is 5.69 Å². The third kappa shape index (κ3) is 1.48. The Hall–Kier alpha value is -1.82. The van der Waals surface area contributed by atoms with Gasteiger partial charge in [0.25, 0.3) is 5.69 Å². The highest BCUT2D eigenvalue weighted by atomic mass is 16.6. The first-order valence-corrected chi connectivity index (χ1v) is 4.82. The van der Waals surface area contributed by atoms with Crippen LogP contribution in [-0.2, 0) is 5.41 Å². The second kappa shape index (κ2) is 3.09. The third-order valence-corrected chi connectivity index (χ3v) is 2.97. The lowest BCUT2D eigenvalue weighted by atomic mass is 9.92. The number of aryl methyl sites for hydroxylation is 1. The molecule has 0 aliphatic heterocycles. The van der Waals surface area contributed by atoms with Crippen LogP contribution in [0.15, 0.2) is 18.2 Å². The lowest BCUT2D eigenvalue weighted by Crippen LogP contribution is -2.05. The Morgan fingerprint density at radius 2 is 2.20 bits per heavy atom. The van der Waals surface area contributed by atoms with E-state index in [4.69, 9.17) is 6.42 Å². The lowest BCUT2D eigenvalue weighted by molar-refractivity contribution is -0.384. The summed E-state index contributed by atoms with van der Waals surface area (Å²) in [6, 6.07) is 4.90. The molecule has 3 heteroatoms. The van der Waals surface area contributed by atoms with Crippen molar-refractivity contribution in [3.8, 4) is 12.3 Å². The zero-order chi connectivity index (χ0) is 11.1. The van der Waals surface area contributed by atoms with Gasteiger partial charge in [0.2, 0.25) is 0 Å². The van der Waals surface area contributed by atoms with E-state index in [2.05, 4.69) is 5.92 Å². The highest BCUT2D eigenvalue weighted by Gasteiger charge is 2.44. The molecule has 3 nitrogen and oxygen atoms in total. The molecule has 0 amide bonds. The molecule has 76 valence electrons. The summed E-state index contributed by atoms with van der Waals surface area (Å²) in [5.74, 6) is 2.75. The van der Waals surface area contributed by atoms with Crippen molar-refractivity contribution < 1.29 is 4.92 Å². The van der Waals surface area contributed by atoms with Crippen molar-refractivity contribution in [1.82, 2.24) is 0 Å². The Labute approximate surface area is 88.3 Å². The van der Waals surface area contributed by atoms with E-state index < -0.39 is 0 Å². The van der Waals surface area contributed by atoms with Crippen LogP contribution in [0.3, 0.4) is 0 Å². The molecule has 1 saturated carbocycles. The van der Waals surface area contributed by atoms with Crippen molar-refractivity contribution >= 4 is 5.69 Å². The first-order chi connectivity index (χ1) is 7.09. The van der Waals surface area contributed by atoms with E-state index in [1.807, 2.05) is 6.92 Å². The predicted octanol–water partition coefficient (Wildman–Crippen LogP) is 2.57. The van der Waals surface area contributed by atoms with Crippen LogP contribution in [0.2, 0.25) is 0 Å². The predicted molar refractivity (Wildman–Crippen MR) is 57.6 cm³/mol. The average molecular weight is 201 g/mol. The van der Waals surface area contributed by atoms with E-state index in [1.54, 1.807) is 12.1 Å². The summed E-state index contributed by atoms with van der Waals surface area (Å²) in [5.41, 5.74) is 1.88. The topological polar surface area (TPSA) is 43.1 Å². The quantitative estimate of drug-likeness (QED) is 0.419. The van der Waals surface area contributed by atoms with Crippen LogP contribution in [0.1, 0.15) is 24.0 Å². The Balaban J connectivity index is 2.52. The Morgan fingerprint density at radius 1 is 1.53 bits per heavy atom. The van der Waals surface area contributed by atoms with Gasteiger partial charge in [-0.05, 0) is 30.9 Å². The van der Waals surface area contributed by atoms with Gasteiger partial charge in [-0.1, -0.05) is 12.0 Å². The average Bonchev–Trinajstić information content (AvgIpc) is 2.99. The first kappa shape index (κ1) is 9.72. The number of hydrogen-bond donors (Lipinski definition) is 0. The highest BCUT2D eigenvalue weighted by Crippen LogP contribution is 2.49. The molecule has 0 N–H and O–H groups in total. The molecule has 1 aliphatic carbocycles. The lowest BCUT2D eigenvalue weighted by Gasteiger charge is -2.10. The van der Waals surface area contributed by atoms with E-state index in [0.717, 1.165) is 24.0 Å². The monoisotopic (exact) mass is 201 g/mol. The second-order valence-corrected chi connectivity index (χ2v) is 3.98. The Bertz CT molecular complexity index is 467. The van der Waals surface area contributed by atoms with Gasteiger partial charge in [-0.15, -0.1) is 6.42 Å². The number of nitrogens with zero attached hydrogens (tertiary/aromatic N) is 1. The zero-order valence-corrected chi connectivity index (χ0v) is 8.49. The normalized spacial score (nSPS) is 16.8. The molecular weight excluding hydrogens is 190 g/mol. The smallest absolute Gasteiger partial charge is 0.258 e. The fourth-order valence-corrected chi connectivity index (χ4v) is 1.86. The maximum atomic E-state index is 10.7. The fraction of sp³-hybridized carbons (Fsp3) is 0.333. The summed E-state index contributed by atoms with van der Waals surface area (Å²) < 4.78 is 0. The number of nitro benzene ring substituents is 1. The van der Waals surface area contributed by atoms with Gasteiger partial charge in [0.1, 0.15) is 0 Å². The summed E-state index contributed by atoms with van der Waals surface area (Å²) in [6.07, 6.45) is 7.35. The molecular formula is C12H11NO2. The maximum Gasteiger partial charge on any atom is 0.269 e. The molecule has 0 atom stereocenters. The minimum atomic E-state index is -0.379. The number of benzene rings is 1. The number of nitro groups is 1. The number of hydrogen-bond acceptors (Lipinski definition) is 2. The minimum Gasteiger partial charge on any atom is -0.258 e. The van der Waals surface area contributed by atoms with Crippen LogP contribution >= 0.6 is 0 Å². The van der Waals surface area contributed by atoms with Crippen molar-refractivity contribution in [2.24, 2.45) is 0 Å². The summed E-state index contributed by atoms with van der Waals surface area (Å²) >= 11 is 0. The Morgan fingerprint density at radius 3 is 2.67 bits per heavy atom. The van der Waals surface area contributed by atoms with Crippen LogP contribution in [0, 0.1) is 29.4 Å². The SMILES string of the molecule is C#CC1(c2cc([N+](=O)[O-])ccc2C)CC1. The molecule has 1 aromatic rings. The number of rotatable bonds is 2. The molecule has 15 heavy (non-hydrogen) atoms. The van der Waals surface area contributed by atoms with Gasteiger partial charge in [0.15, 0.2) is 0 Å². The van der Waals surface area contributed by atoms with Gasteiger partial charge < -0.3 is 0 Å². The van der Waals surface area contributed by atoms with Crippen LogP contribution in [0.5, 0.6) is 0 Å². The van der Waals surface area contributed by atoms with Gasteiger partial charge in [0, 0.05) is 12.1 Å². The van der Waals surface area contributed by atoms with E-state index in [0.29, 0.717) is 0 Å². The van der Waals surface area contributed by atoms with Crippen LogP contribution in [0.25, 0.3) is 0 Å². The molecule has 0 unspecified atom stereocenters. The fourth-order valence-electron chi connectivity index (χ4n) is 1.86. The van der Waals surface area contributed by atoms with Gasteiger partial charge in [0.05, 0.1) is 10.3 Å². The molecule has 0 bridgehead atoms. The summed E-state index contributed by atoms with van der Waals surface area (Å²) in [6.45, 7) is 1.94. The van der Waals surface area contributed by atoms with E-state index >= 15 is 0 Å². The molecule has 0 heterocycles. The van der Waals surface area contributed by atoms with Gasteiger partial charge >= 0.3 is 0 Å². The van der Waals surface area contributed by atoms with E-state index in [1.165, 1.54) is 6.07 Å². The molecule has 2 rings (SSSR count). The minimum absolute atomic E-state index is 0.122. The van der Waals surface area contributed by atoms with Crippen molar-refractivity contribution in [2.75, 3.05) is 0 Å². The molecule has 0 aromatic heterocycles. The van der Waals surface area contributed by atoms with Crippen molar-refractivity contribution in [3.05, 3.63) is 39.4 Å². The van der Waals surface area contributed by atoms with Crippen LogP contribution < -0.4 is 0 Å². The molecule has 1 fully saturated rings. The van der Waals surface area contributed by atoms with Gasteiger partial charge in [-0.25, -0.2) is 0 Å². The van der Waals surface area contributed by atoms with Crippen molar-refractivity contribution in [2.45, 2.75) is 25.2 Å². The van der Waals surface area contributed by atoms with E-state index in [-0.39, 0.29) is 16.0 Å². The standard InChI is InChI=1S/C12H11NO2/c1-3-12(6-7-12)11-8-10(13(14)15)5-4-9(11)2/h1,4-5,8H,6-7H2,2H3. The third-order valence-electron chi connectivity index (χ3n) is 2.97. The number of terminal acetylenes is 1. The molecule has 0 spiro atoms. The molecule has 1 aliphatic rings. The summed E-state index contributed by atoms with van der Waals surface area (Å²) in [4.78, 5) is 10.3. The second-order valence-electron chi connectivity index (χ2n) is 3.98. The first-order valence-electron chi connectivity index (χ1n) is 4.82. The van der Waals surface area contributed by atoms with Crippen molar-refractivity contribution in [1.29, 1.82) is 0 Å². The maximum absolute atomic E-state index is 10.7. The van der Waals surface area contributed by atoms with Crippen molar-refractivity contribution in [3.63, 3.8) is 0 Å².